The highest BCUT2D eigenvalue weighted by Gasteiger charge is 2.13. The van der Waals surface area contributed by atoms with Crippen LogP contribution in [0.2, 0.25) is 0 Å². The summed E-state index contributed by atoms with van der Waals surface area (Å²) in [5.41, 5.74) is 2.01. The van der Waals surface area contributed by atoms with Crippen LogP contribution in [0.25, 0.3) is 10.2 Å². The fraction of sp³-hybridized carbons (Fsp3) is 0.385. The SMILES string of the molecule is CCc1c(C)sc2ncn(CCc3cn[nH]n3)c(=O)c12. The maximum Gasteiger partial charge on any atom is 0.262 e. The molecule has 0 aromatic carbocycles. The zero-order valence-corrected chi connectivity index (χ0v) is 12.2. The number of nitrogens with one attached hydrogen (secondary N) is 1. The third-order valence-electron chi connectivity index (χ3n) is 3.41. The van der Waals surface area contributed by atoms with Crippen molar-refractivity contribution in [3.8, 4) is 0 Å². The molecule has 1 N–H and O–H groups in total. The number of thiophene rings is 1. The van der Waals surface area contributed by atoms with Crippen LogP contribution in [0.4, 0.5) is 0 Å². The summed E-state index contributed by atoms with van der Waals surface area (Å²) in [6.45, 7) is 4.68. The number of aromatic nitrogens is 5. The summed E-state index contributed by atoms with van der Waals surface area (Å²) in [6.07, 6.45) is 4.81. The number of hydrogen-bond donors (Lipinski definition) is 1. The lowest BCUT2D eigenvalue weighted by Gasteiger charge is -2.04. The highest BCUT2D eigenvalue weighted by molar-refractivity contribution is 7.18. The van der Waals surface area contributed by atoms with Crippen molar-refractivity contribution in [2.75, 3.05) is 0 Å². The van der Waals surface area contributed by atoms with Crippen molar-refractivity contribution in [3.63, 3.8) is 0 Å². The summed E-state index contributed by atoms with van der Waals surface area (Å²) in [5.74, 6) is 0. The quantitative estimate of drug-likeness (QED) is 0.793. The molecule has 20 heavy (non-hydrogen) atoms. The van der Waals surface area contributed by atoms with Gasteiger partial charge in [-0.05, 0) is 18.9 Å². The summed E-state index contributed by atoms with van der Waals surface area (Å²) in [7, 11) is 0. The zero-order chi connectivity index (χ0) is 14.1. The van der Waals surface area contributed by atoms with Crippen LogP contribution in [0.3, 0.4) is 0 Å². The Bertz CT molecular complexity index is 787. The average molecular weight is 289 g/mol. The molecule has 3 aromatic heterocycles. The third kappa shape index (κ3) is 2.14. The molecule has 6 nitrogen and oxygen atoms in total. The molecule has 0 amide bonds. The van der Waals surface area contributed by atoms with Gasteiger partial charge >= 0.3 is 0 Å². The second kappa shape index (κ2) is 5.16. The number of H-pyrrole nitrogens is 1. The molecule has 0 fully saturated rings. The molecular formula is C13H15N5OS. The molecule has 0 spiro atoms. The highest BCUT2D eigenvalue weighted by Crippen LogP contribution is 2.26. The maximum atomic E-state index is 12.6. The van der Waals surface area contributed by atoms with E-state index in [4.69, 9.17) is 0 Å². The minimum Gasteiger partial charge on any atom is -0.298 e. The second-order valence-electron chi connectivity index (χ2n) is 4.62. The van der Waals surface area contributed by atoms with Crippen molar-refractivity contribution in [1.29, 1.82) is 0 Å². The Morgan fingerprint density at radius 3 is 3.00 bits per heavy atom. The Balaban J connectivity index is 2.00. The predicted molar refractivity (Wildman–Crippen MR) is 78.1 cm³/mol. The molecule has 7 heteroatoms. The van der Waals surface area contributed by atoms with E-state index in [2.05, 4.69) is 27.3 Å². The van der Waals surface area contributed by atoms with Crippen molar-refractivity contribution in [1.82, 2.24) is 25.0 Å². The van der Waals surface area contributed by atoms with Crippen molar-refractivity contribution in [3.05, 3.63) is 39.0 Å². The number of nitrogens with zero attached hydrogens (tertiary/aromatic N) is 4. The van der Waals surface area contributed by atoms with Gasteiger partial charge in [0.1, 0.15) is 4.83 Å². The summed E-state index contributed by atoms with van der Waals surface area (Å²) >= 11 is 1.59. The average Bonchev–Trinajstić information content (AvgIpc) is 3.05. The molecule has 0 bridgehead atoms. The number of hydrogen-bond acceptors (Lipinski definition) is 5. The van der Waals surface area contributed by atoms with E-state index in [-0.39, 0.29) is 5.56 Å². The van der Waals surface area contributed by atoms with E-state index in [1.54, 1.807) is 28.4 Å². The first-order valence-electron chi connectivity index (χ1n) is 6.52. The Kier molecular flexibility index (Phi) is 3.35. The molecule has 0 saturated heterocycles. The lowest BCUT2D eigenvalue weighted by Crippen LogP contribution is -2.21. The Morgan fingerprint density at radius 1 is 1.45 bits per heavy atom. The van der Waals surface area contributed by atoms with Gasteiger partial charge in [-0.15, -0.1) is 11.3 Å². The van der Waals surface area contributed by atoms with Crippen LogP contribution >= 0.6 is 11.3 Å². The van der Waals surface area contributed by atoms with Gasteiger partial charge in [0.05, 0.1) is 23.6 Å². The molecule has 0 aliphatic heterocycles. The molecule has 0 atom stereocenters. The smallest absolute Gasteiger partial charge is 0.262 e. The van der Waals surface area contributed by atoms with Crippen molar-refractivity contribution in [2.45, 2.75) is 33.2 Å². The lowest BCUT2D eigenvalue weighted by molar-refractivity contribution is 0.652. The number of aromatic amines is 1. The Morgan fingerprint density at radius 2 is 2.30 bits per heavy atom. The summed E-state index contributed by atoms with van der Waals surface area (Å²) in [5, 5.41) is 11.1. The van der Waals surface area contributed by atoms with Gasteiger partial charge < -0.3 is 0 Å². The lowest BCUT2D eigenvalue weighted by atomic mass is 10.1. The molecule has 3 rings (SSSR count). The van der Waals surface area contributed by atoms with Crippen LogP contribution in [0, 0.1) is 6.92 Å². The van der Waals surface area contributed by atoms with Gasteiger partial charge in [0, 0.05) is 17.8 Å². The minimum atomic E-state index is 0.0414. The first-order chi connectivity index (χ1) is 9.70. The Labute approximate surface area is 119 Å². The fourth-order valence-corrected chi connectivity index (χ4v) is 3.43. The van der Waals surface area contributed by atoms with Gasteiger partial charge in [0.25, 0.3) is 5.56 Å². The molecule has 0 unspecified atom stereocenters. The fourth-order valence-electron chi connectivity index (χ4n) is 2.36. The van der Waals surface area contributed by atoms with Crippen molar-refractivity contribution >= 4 is 21.6 Å². The van der Waals surface area contributed by atoms with E-state index in [1.807, 2.05) is 6.92 Å². The minimum absolute atomic E-state index is 0.0414. The van der Waals surface area contributed by atoms with Crippen molar-refractivity contribution in [2.24, 2.45) is 0 Å². The van der Waals surface area contributed by atoms with Gasteiger partial charge in [0.15, 0.2) is 0 Å². The van der Waals surface area contributed by atoms with E-state index in [0.29, 0.717) is 13.0 Å². The standard InChI is InChI=1S/C13H15N5OS/c1-3-10-8(2)20-12-11(10)13(19)18(7-14-12)5-4-9-6-15-17-16-9/h6-7H,3-5H2,1-2H3,(H,15,16,17). The summed E-state index contributed by atoms with van der Waals surface area (Å²) < 4.78 is 1.66. The summed E-state index contributed by atoms with van der Waals surface area (Å²) in [4.78, 5) is 19.0. The van der Waals surface area contributed by atoms with Gasteiger partial charge in [0.2, 0.25) is 0 Å². The van der Waals surface area contributed by atoms with Crippen molar-refractivity contribution < 1.29 is 0 Å². The molecular weight excluding hydrogens is 274 g/mol. The van der Waals surface area contributed by atoms with Gasteiger partial charge in [-0.2, -0.15) is 15.4 Å². The van der Waals surface area contributed by atoms with Gasteiger partial charge in [-0.1, -0.05) is 6.92 Å². The zero-order valence-electron chi connectivity index (χ0n) is 11.4. The first-order valence-corrected chi connectivity index (χ1v) is 7.34. The van der Waals surface area contributed by atoms with E-state index in [1.165, 1.54) is 4.88 Å². The van der Waals surface area contributed by atoms with Crippen LogP contribution in [0.15, 0.2) is 17.3 Å². The molecule has 0 saturated carbocycles. The highest BCUT2D eigenvalue weighted by atomic mass is 32.1. The molecule has 3 aromatic rings. The van der Waals surface area contributed by atoms with Crippen LogP contribution in [-0.4, -0.2) is 25.0 Å². The largest absolute Gasteiger partial charge is 0.298 e. The van der Waals surface area contributed by atoms with E-state index in [9.17, 15) is 4.79 Å². The van der Waals surface area contributed by atoms with Gasteiger partial charge in [-0.3, -0.25) is 9.36 Å². The third-order valence-corrected chi connectivity index (χ3v) is 4.46. The molecule has 3 heterocycles. The second-order valence-corrected chi connectivity index (χ2v) is 5.83. The van der Waals surface area contributed by atoms with Crippen LogP contribution in [0.5, 0.6) is 0 Å². The maximum absolute atomic E-state index is 12.6. The van der Waals surface area contributed by atoms with E-state index < -0.39 is 0 Å². The molecule has 0 aliphatic carbocycles. The molecule has 0 aliphatic rings. The van der Waals surface area contributed by atoms with Gasteiger partial charge in [-0.25, -0.2) is 4.98 Å². The van der Waals surface area contributed by atoms with Crippen LogP contribution in [0.1, 0.15) is 23.1 Å². The number of aryl methyl sites for hydroxylation is 4. The number of rotatable bonds is 4. The topological polar surface area (TPSA) is 76.5 Å². The van der Waals surface area contributed by atoms with Crippen LogP contribution in [-0.2, 0) is 19.4 Å². The molecule has 104 valence electrons. The molecule has 0 radical (unpaired) electrons. The number of fused-ring (bicyclic) bond motifs is 1. The van der Waals surface area contributed by atoms with E-state index >= 15 is 0 Å². The van der Waals surface area contributed by atoms with Crippen LogP contribution < -0.4 is 5.56 Å². The normalized spacial score (nSPS) is 11.3. The monoisotopic (exact) mass is 289 g/mol. The Hall–Kier alpha value is -2.02. The van der Waals surface area contributed by atoms with E-state index in [0.717, 1.165) is 27.9 Å². The predicted octanol–water partition coefficient (Wildman–Crippen LogP) is 1.69. The first kappa shape index (κ1) is 13.0. The summed E-state index contributed by atoms with van der Waals surface area (Å²) in [6, 6.07) is 0.